The highest BCUT2D eigenvalue weighted by Gasteiger charge is 2.16. The van der Waals surface area contributed by atoms with E-state index in [9.17, 15) is 4.79 Å². The van der Waals surface area contributed by atoms with Gasteiger partial charge in [0.05, 0.1) is 17.8 Å². The van der Waals surface area contributed by atoms with E-state index in [0.717, 1.165) is 10.2 Å². The van der Waals surface area contributed by atoms with E-state index in [2.05, 4.69) is 21.0 Å². The summed E-state index contributed by atoms with van der Waals surface area (Å²) in [6, 6.07) is 7.46. The number of halogens is 2. The maximum atomic E-state index is 10.8. The van der Waals surface area contributed by atoms with Crippen LogP contribution in [0.2, 0.25) is 5.15 Å². The Hall–Kier alpha value is -1.33. The molecule has 0 saturated heterocycles. The van der Waals surface area contributed by atoms with Gasteiger partial charge in [-0.3, -0.25) is 4.79 Å². The number of aryl methyl sites for hydroxylation is 1. The number of carboxylic acid groups (broad SMARTS) is 1. The lowest BCUT2D eigenvalue weighted by Gasteiger charge is -2.03. The van der Waals surface area contributed by atoms with Crippen molar-refractivity contribution >= 4 is 33.5 Å². The lowest BCUT2D eigenvalue weighted by atomic mass is 10.2. The van der Waals surface area contributed by atoms with Crippen molar-refractivity contribution in [2.45, 2.75) is 13.3 Å². The van der Waals surface area contributed by atoms with Crippen LogP contribution in [0.1, 0.15) is 11.3 Å². The number of nitrogens with zero attached hydrogens (tertiary/aromatic N) is 2. The number of benzene rings is 1. The van der Waals surface area contributed by atoms with Crippen molar-refractivity contribution in [1.82, 2.24) is 9.78 Å². The van der Waals surface area contributed by atoms with Crippen LogP contribution in [0.15, 0.2) is 28.7 Å². The lowest BCUT2D eigenvalue weighted by molar-refractivity contribution is -0.136. The van der Waals surface area contributed by atoms with Gasteiger partial charge >= 0.3 is 5.97 Å². The maximum Gasteiger partial charge on any atom is 0.308 e. The Balaban J connectivity index is 2.46. The summed E-state index contributed by atoms with van der Waals surface area (Å²) >= 11 is 9.52. The van der Waals surface area contributed by atoms with Crippen LogP contribution >= 0.6 is 27.5 Å². The minimum Gasteiger partial charge on any atom is -0.481 e. The summed E-state index contributed by atoms with van der Waals surface area (Å²) in [6.45, 7) is 1.75. The summed E-state index contributed by atoms with van der Waals surface area (Å²) in [7, 11) is 0. The maximum absolute atomic E-state index is 10.8. The van der Waals surface area contributed by atoms with E-state index in [0.29, 0.717) is 16.4 Å². The molecule has 0 fully saturated rings. The van der Waals surface area contributed by atoms with Crippen molar-refractivity contribution in [3.05, 3.63) is 45.1 Å². The highest BCUT2D eigenvalue weighted by Crippen LogP contribution is 2.24. The largest absolute Gasteiger partial charge is 0.481 e. The van der Waals surface area contributed by atoms with Gasteiger partial charge in [-0.1, -0.05) is 27.5 Å². The third-order valence-corrected chi connectivity index (χ3v) is 3.44. The molecule has 1 heterocycles. The molecule has 0 radical (unpaired) electrons. The third-order valence-electron chi connectivity index (χ3n) is 2.52. The van der Waals surface area contributed by atoms with Gasteiger partial charge in [0.25, 0.3) is 0 Å². The molecule has 18 heavy (non-hydrogen) atoms. The fourth-order valence-electron chi connectivity index (χ4n) is 1.64. The minimum atomic E-state index is -0.921. The summed E-state index contributed by atoms with van der Waals surface area (Å²) in [5.41, 5.74) is 1.97. The summed E-state index contributed by atoms with van der Waals surface area (Å²) in [4.78, 5) is 10.8. The van der Waals surface area contributed by atoms with Gasteiger partial charge in [-0.25, -0.2) is 4.68 Å². The van der Waals surface area contributed by atoms with Gasteiger partial charge in [0, 0.05) is 10.0 Å². The zero-order valence-corrected chi connectivity index (χ0v) is 11.9. The standard InChI is InChI=1S/C12H10BrClN2O2/c1-7-10(6-11(17)18)12(14)16(15-7)9-4-2-8(13)3-5-9/h2-5H,6H2,1H3,(H,17,18). The van der Waals surface area contributed by atoms with Gasteiger partial charge in [0.1, 0.15) is 5.15 Å². The molecule has 0 amide bonds. The van der Waals surface area contributed by atoms with Crippen molar-refractivity contribution in [1.29, 1.82) is 0 Å². The SMILES string of the molecule is Cc1nn(-c2ccc(Br)cc2)c(Cl)c1CC(=O)O. The zero-order chi connectivity index (χ0) is 13.3. The van der Waals surface area contributed by atoms with Crippen molar-refractivity contribution in [3.8, 4) is 5.69 Å². The molecule has 0 saturated carbocycles. The van der Waals surface area contributed by atoms with Crippen molar-refractivity contribution in [3.63, 3.8) is 0 Å². The average molecular weight is 330 g/mol. The Labute approximate surface area is 117 Å². The normalized spacial score (nSPS) is 10.6. The van der Waals surface area contributed by atoms with Gasteiger partial charge < -0.3 is 5.11 Å². The number of aromatic nitrogens is 2. The molecular formula is C12H10BrClN2O2. The third kappa shape index (κ3) is 2.57. The lowest BCUT2D eigenvalue weighted by Crippen LogP contribution is -2.01. The predicted octanol–water partition coefficient (Wildman–Crippen LogP) is 3.22. The fraction of sp³-hybridized carbons (Fsp3) is 0.167. The first kappa shape index (κ1) is 13.1. The van der Waals surface area contributed by atoms with E-state index in [4.69, 9.17) is 16.7 Å². The van der Waals surface area contributed by atoms with Gasteiger partial charge in [0.15, 0.2) is 0 Å². The first-order valence-electron chi connectivity index (χ1n) is 5.20. The Morgan fingerprint density at radius 1 is 1.44 bits per heavy atom. The summed E-state index contributed by atoms with van der Waals surface area (Å²) in [5, 5.41) is 13.4. The molecule has 6 heteroatoms. The highest BCUT2D eigenvalue weighted by molar-refractivity contribution is 9.10. The van der Waals surface area contributed by atoms with E-state index in [1.807, 2.05) is 24.3 Å². The molecule has 0 bridgehead atoms. The Bertz CT molecular complexity index is 593. The summed E-state index contributed by atoms with van der Waals surface area (Å²) < 4.78 is 2.50. The molecule has 0 atom stereocenters. The average Bonchev–Trinajstić information content (AvgIpc) is 2.58. The molecule has 1 aromatic carbocycles. The van der Waals surface area contributed by atoms with Crippen LogP contribution in [0.5, 0.6) is 0 Å². The first-order chi connectivity index (χ1) is 8.49. The van der Waals surface area contributed by atoms with Crippen LogP contribution in [0, 0.1) is 6.92 Å². The van der Waals surface area contributed by atoms with Gasteiger partial charge in [-0.05, 0) is 31.2 Å². The van der Waals surface area contributed by atoms with Crippen LogP contribution < -0.4 is 0 Å². The van der Waals surface area contributed by atoms with Crippen LogP contribution in [0.25, 0.3) is 5.69 Å². The van der Waals surface area contributed by atoms with E-state index in [1.54, 1.807) is 11.6 Å². The number of carboxylic acids is 1. The fourth-order valence-corrected chi connectivity index (χ4v) is 2.24. The van der Waals surface area contributed by atoms with Crippen LogP contribution in [0.3, 0.4) is 0 Å². The molecule has 4 nitrogen and oxygen atoms in total. The molecule has 0 aliphatic heterocycles. The van der Waals surface area contributed by atoms with Crippen LogP contribution in [0.4, 0.5) is 0 Å². The second-order valence-corrected chi connectivity index (χ2v) is 5.09. The molecule has 0 unspecified atom stereocenters. The van der Waals surface area contributed by atoms with Crippen molar-refractivity contribution < 1.29 is 9.90 Å². The minimum absolute atomic E-state index is 0.124. The van der Waals surface area contributed by atoms with Gasteiger partial charge in [0.2, 0.25) is 0 Å². The molecular weight excluding hydrogens is 320 g/mol. The van der Waals surface area contributed by atoms with Crippen LogP contribution in [-0.2, 0) is 11.2 Å². The van der Waals surface area contributed by atoms with E-state index in [1.165, 1.54) is 0 Å². The molecule has 94 valence electrons. The second-order valence-electron chi connectivity index (χ2n) is 3.81. The second kappa shape index (κ2) is 5.12. The monoisotopic (exact) mass is 328 g/mol. The smallest absolute Gasteiger partial charge is 0.308 e. The molecule has 2 rings (SSSR count). The Morgan fingerprint density at radius 3 is 2.61 bits per heavy atom. The zero-order valence-electron chi connectivity index (χ0n) is 9.52. The van der Waals surface area contributed by atoms with E-state index in [-0.39, 0.29) is 6.42 Å². The Morgan fingerprint density at radius 2 is 2.06 bits per heavy atom. The predicted molar refractivity (Wildman–Crippen MR) is 72.4 cm³/mol. The quantitative estimate of drug-likeness (QED) is 0.940. The molecule has 0 aliphatic rings. The number of hydrogen-bond donors (Lipinski definition) is 1. The van der Waals surface area contributed by atoms with Crippen molar-refractivity contribution in [2.24, 2.45) is 0 Å². The topological polar surface area (TPSA) is 55.1 Å². The van der Waals surface area contributed by atoms with Gasteiger partial charge in [-0.15, -0.1) is 0 Å². The molecule has 2 aromatic rings. The number of carbonyl (C=O) groups is 1. The van der Waals surface area contributed by atoms with Crippen molar-refractivity contribution in [2.75, 3.05) is 0 Å². The van der Waals surface area contributed by atoms with E-state index >= 15 is 0 Å². The number of hydrogen-bond acceptors (Lipinski definition) is 2. The molecule has 0 aliphatic carbocycles. The van der Waals surface area contributed by atoms with E-state index < -0.39 is 5.97 Å². The number of aliphatic carboxylic acids is 1. The number of rotatable bonds is 3. The first-order valence-corrected chi connectivity index (χ1v) is 6.38. The molecule has 1 N–H and O–H groups in total. The summed E-state index contributed by atoms with van der Waals surface area (Å²) in [5.74, 6) is -0.921. The van der Waals surface area contributed by atoms with Crippen LogP contribution in [-0.4, -0.2) is 20.9 Å². The van der Waals surface area contributed by atoms with Gasteiger partial charge in [-0.2, -0.15) is 5.10 Å². The highest BCUT2D eigenvalue weighted by atomic mass is 79.9. The summed E-state index contributed by atoms with van der Waals surface area (Å²) in [6.07, 6.45) is -0.124. The molecule has 1 aromatic heterocycles. The molecule has 0 spiro atoms. The Kier molecular flexibility index (Phi) is 3.73.